The zero-order valence-electron chi connectivity index (χ0n) is 11.9. The van der Waals surface area contributed by atoms with Crippen molar-refractivity contribution in [3.63, 3.8) is 0 Å². The van der Waals surface area contributed by atoms with Crippen molar-refractivity contribution < 1.29 is 9.53 Å². The fraction of sp³-hybridized carbons (Fsp3) is 0.0667. The first kappa shape index (κ1) is 15.0. The molecule has 0 bridgehead atoms. The fourth-order valence-electron chi connectivity index (χ4n) is 1.88. The first-order valence-corrected chi connectivity index (χ1v) is 7.11. The maximum Gasteiger partial charge on any atom is 0.262 e. The molecule has 1 aromatic heterocycles. The zero-order chi connectivity index (χ0) is 16.1. The van der Waals surface area contributed by atoms with Crippen molar-refractivity contribution in [1.29, 1.82) is 0 Å². The minimum atomic E-state index is -0.278. The van der Waals surface area contributed by atoms with E-state index in [1.807, 2.05) is 0 Å². The number of carbonyl (C=O) groups excluding carboxylic acids is 1. The molecule has 1 heterocycles. The second-order valence-electron chi connectivity index (χ2n) is 4.57. The summed E-state index contributed by atoms with van der Waals surface area (Å²) in [4.78, 5) is 11.9. The fourth-order valence-corrected chi connectivity index (χ4v) is 2.07. The molecule has 1 N–H and O–H groups in total. The van der Waals surface area contributed by atoms with E-state index in [2.05, 4.69) is 20.8 Å². The van der Waals surface area contributed by atoms with Crippen LogP contribution in [-0.2, 0) is 4.79 Å². The highest BCUT2D eigenvalue weighted by atomic mass is 35.5. The largest absolute Gasteiger partial charge is 0.482 e. The molecule has 0 aliphatic carbocycles. The summed E-state index contributed by atoms with van der Waals surface area (Å²) in [7, 11) is 0. The zero-order valence-corrected chi connectivity index (χ0v) is 12.6. The van der Waals surface area contributed by atoms with Gasteiger partial charge < -0.3 is 10.1 Å². The van der Waals surface area contributed by atoms with Crippen LogP contribution in [0.4, 0.5) is 5.69 Å². The van der Waals surface area contributed by atoms with Crippen molar-refractivity contribution in [2.45, 2.75) is 0 Å². The third-order valence-electron chi connectivity index (χ3n) is 2.96. The normalized spacial score (nSPS) is 10.3. The van der Waals surface area contributed by atoms with Crippen molar-refractivity contribution >= 4 is 23.2 Å². The van der Waals surface area contributed by atoms with Crippen molar-refractivity contribution in [1.82, 2.24) is 20.2 Å². The summed E-state index contributed by atoms with van der Waals surface area (Å²) in [6.07, 6.45) is 1.49. The Bertz CT molecular complexity index is 790. The summed E-state index contributed by atoms with van der Waals surface area (Å²) in [5.74, 6) is 0.193. The van der Waals surface area contributed by atoms with E-state index >= 15 is 0 Å². The molecule has 0 saturated carbocycles. The first-order chi connectivity index (χ1) is 11.2. The molecule has 0 aliphatic rings. The van der Waals surface area contributed by atoms with Crippen LogP contribution in [0, 0.1) is 0 Å². The van der Waals surface area contributed by atoms with Gasteiger partial charge in [0.1, 0.15) is 12.1 Å². The van der Waals surface area contributed by atoms with Gasteiger partial charge in [-0.2, -0.15) is 0 Å². The third-order valence-corrected chi connectivity index (χ3v) is 3.27. The molecule has 3 rings (SSSR count). The van der Waals surface area contributed by atoms with Gasteiger partial charge in [-0.05, 0) is 46.8 Å². The lowest BCUT2D eigenvalue weighted by atomic mass is 10.3. The average Bonchev–Trinajstić information content (AvgIpc) is 3.09. The Balaban J connectivity index is 1.57. The van der Waals surface area contributed by atoms with Crippen LogP contribution in [0.25, 0.3) is 5.69 Å². The summed E-state index contributed by atoms with van der Waals surface area (Å²) in [5, 5.41) is 14.1. The Morgan fingerprint density at radius 2 is 1.96 bits per heavy atom. The Labute approximate surface area is 136 Å². The summed E-state index contributed by atoms with van der Waals surface area (Å²) in [6, 6.07) is 14.1. The van der Waals surface area contributed by atoms with Gasteiger partial charge >= 0.3 is 0 Å². The number of aromatic nitrogens is 4. The molecule has 0 unspecified atom stereocenters. The molecule has 23 heavy (non-hydrogen) atoms. The van der Waals surface area contributed by atoms with E-state index < -0.39 is 0 Å². The lowest BCUT2D eigenvalue weighted by Gasteiger charge is -2.09. The molecule has 8 heteroatoms. The highest BCUT2D eigenvalue weighted by Crippen LogP contribution is 2.23. The second-order valence-corrected chi connectivity index (χ2v) is 4.98. The predicted molar refractivity (Wildman–Crippen MR) is 84.7 cm³/mol. The molecular formula is C15H12ClN5O2. The van der Waals surface area contributed by atoms with Crippen molar-refractivity contribution in [2.24, 2.45) is 0 Å². The van der Waals surface area contributed by atoms with Crippen molar-refractivity contribution in [3.05, 3.63) is 59.9 Å². The number of nitrogens with zero attached hydrogens (tertiary/aromatic N) is 4. The number of hydrogen-bond acceptors (Lipinski definition) is 5. The van der Waals surface area contributed by atoms with Crippen molar-refractivity contribution in [2.75, 3.05) is 11.9 Å². The maximum atomic E-state index is 11.9. The lowest BCUT2D eigenvalue weighted by Crippen LogP contribution is -2.20. The summed E-state index contributed by atoms with van der Waals surface area (Å²) in [5.41, 5.74) is 1.44. The molecule has 1 amide bonds. The van der Waals surface area contributed by atoms with Crippen LogP contribution in [0.2, 0.25) is 5.02 Å². The number of nitrogens with one attached hydrogen (secondary N) is 1. The highest BCUT2D eigenvalue weighted by Gasteiger charge is 2.06. The van der Waals surface area contributed by atoms with Gasteiger partial charge in [0.2, 0.25) is 0 Å². The van der Waals surface area contributed by atoms with E-state index in [-0.39, 0.29) is 12.5 Å². The van der Waals surface area contributed by atoms with Gasteiger partial charge in [-0.25, -0.2) is 4.68 Å². The average molecular weight is 330 g/mol. The van der Waals surface area contributed by atoms with Gasteiger partial charge in [0.15, 0.2) is 6.61 Å². The quantitative estimate of drug-likeness (QED) is 0.777. The molecule has 7 nitrogen and oxygen atoms in total. The number of hydrogen-bond donors (Lipinski definition) is 1. The standard InChI is InChI=1S/C15H12ClN5O2/c16-13-3-1-2-4-14(13)23-9-15(22)18-11-5-7-12(8-6-11)21-10-17-19-20-21/h1-8,10H,9H2,(H,18,22). The second kappa shape index (κ2) is 6.89. The highest BCUT2D eigenvalue weighted by molar-refractivity contribution is 6.32. The topological polar surface area (TPSA) is 81.9 Å². The number of carbonyl (C=O) groups is 1. The molecule has 0 spiro atoms. The first-order valence-electron chi connectivity index (χ1n) is 6.73. The maximum absolute atomic E-state index is 11.9. The number of tetrazole rings is 1. The van der Waals surface area contributed by atoms with E-state index in [9.17, 15) is 4.79 Å². The number of halogens is 1. The smallest absolute Gasteiger partial charge is 0.262 e. The molecule has 0 radical (unpaired) electrons. The van der Waals surface area contributed by atoms with E-state index in [1.54, 1.807) is 48.5 Å². The number of benzene rings is 2. The predicted octanol–water partition coefficient (Wildman–Crippen LogP) is 2.33. The molecule has 0 fully saturated rings. The molecule has 0 atom stereocenters. The monoisotopic (exact) mass is 329 g/mol. The molecule has 0 saturated heterocycles. The van der Waals surface area contributed by atoms with Crippen LogP contribution in [0.3, 0.4) is 0 Å². The lowest BCUT2D eigenvalue weighted by molar-refractivity contribution is -0.118. The van der Waals surface area contributed by atoms with Crippen molar-refractivity contribution in [3.8, 4) is 11.4 Å². The summed E-state index contributed by atoms with van der Waals surface area (Å²) < 4.78 is 6.90. The molecule has 3 aromatic rings. The van der Waals surface area contributed by atoms with E-state index in [0.717, 1.165) is 5.69 Å². The molecule has 0 aliphatic heterocycles. The van der Waals surface area contributed by atoms with Crippen LogP contribution in [0.15, 0.2) is 54.9 Å². The number of rotatable bonds is 5. The van der Waals surface area contributed by atoms with Crippen LogP contribution in [0.5, 0.6) is 5.75 Å². The Kier molecular flexibility index (Phi) is 4.49. The summed E-state index contributed by atoms with van der Waals surface area (Å²) in [6.45, 7) is -0.127. The van der Waals surface area contributed by atoms with Crippen LogP contribution < -0.4 is 10.1 Å². The third kappa shape index (κ3) is 3.83. The number of ether oxygens (including phenoxy) is 1. The van der Waals surface area contributed by atoms with E-state index in [1.165, 1.54) is 11.0 Å². The van der Waals surface area contributed by atoms with Gasteiger partial charge in [0.25, 0.3) is 5.91 Å². The van der Waals surface area contributed by atoms with Crippen LogP contribution in [-0.4, -0.2) is 32.7 Å². The van der Waals surface area contributed by atoms with Gasteiger partial charge in [-0.15, -0.1) is 5.10 Å². The number of para-hydroxylation sites is 1. The Hall–Kier alpha value is -2.93. The van der Waals surface area contributed by atoms with E-state index in [4.69, 9.17) is 16.3 Å². The summed E-state index contributed by atoms with van der Waals surface area (Å²) >= 11 is 5.96. The number of amides is 1. The van der Waals surface area contributed by atoms with Gasteiger partial charge in [-0.3, -0.25) is 4.79 Å². The number of anilines is 1. The van der Waals surface area contributed by atoms with Crippen LogP contribution in [0.1, 0.15) is 0 Å². The molecular weight excluding hydrogens is 318 g/mol. The van der Waals surface area contributed by atoms with Crippen LogP contribution >= 0.6 is 11.6 Å². The molecule has 116 valence electrons. The van der Waals surface area contributed by atoms with Gasteiger partial charge in [-0.1, -0.05) is 23.7 Å². The molecule has 2 aromatic carbocycles. The minimum absolute atomic E-state index is 0.127. The van der Waals surface area contributed by atoms with Gasteiger partial charge in [0.05, 0.1) is 10.7 Å². The van der Waals surface area contributed by atoms with E-state index in [0.29, 0.717) is 16.5 Å². The SMILES string of the molecule is O=C(COc1ccccc1Cl)Nc1ccc(-n2cnnn2)cc1. The Morgan fingerprint density at radius 1 is 1.17 bits per heavy atom. The Morgan fingerprint density at radius 3 is 2.65 bits per heavy atom. The van der Waals surface area contributed by atoms with Gasteiger partial charge in [0, 0.05) is 5.69 Å². The minimum Gasteiger partial charge on any atom is -0.482 e.